The summed E-state index contributed by atoms with van der Waals surface area (Å²) in [4.78, 5) is 27.2. The van der Waals surface area contributed by atoms with Gasteiger partial charge in [-0.05, 0) is 49.2 Å². The molecule has 138 valence electrons. The number of benzene rings is 2. The molecule has 0 heterocycles. The predicted molar refractivity (Wildman–Crippen MR) is 109 cm³/mol. The molecule has 0 aromatic heterocycles. The fraction of sp³-hybridized carbons (Fsp3) is 0.300. The minimum absolute atomic E-state index is 0.0163. The van der Waals surface area contributed by atoms with Gasteiger partial charge < -0.3 is 10.2 Å². The zero-order chi connectivity index (χ0) is 19.1. The Morgan fingerprint density at radius 1 is 1.15 bits per heavy atom. The van der Waals surface area contributed by atoms with Crippen LogP contribution in [0.25, 0.3) is 0 Å². The molecule has 2 aromatic rings. The highest BCUT2D eigenvalue weighted by molar-refractivity contribution is 8.00. The number of rotatable bonds is 7. The largest absolute Gasteiger partial charge is 0.335 e. The van der Waals surface area contributed by atoms with Crippen LogP contribution >= 0.6 is 23.4 Å². The van der Waals surface area contributed by atoms with Gasteiger partial charge in [0.15, 0.2) is 0 Å². The Kier molecular flexibility index (Phi) is 7.54. The number of thioether (sulfide) groups is 1. The maximum Gasteiger partial charge on any atom is 0.243 e. The maximum atomic E-state index is 12.5. The van der Waals surface area contributed by atoms with Crippen molar-refractivity contribution in [3.05, 3.63) is 59.1 Å². The van der Waals surface area contributed by atoms with Crippen molar-refractivity contribution >= 4 is 40.9 Å². The summed E-state index contributed by atoms with van der Waals surface area (Å²) >= 11 is 7.32. The van der Waals surface area contributed by atoms with Gasteiger partial charge in [0.25, 0.3) is 0 Å². The molecule has 2 amide bonds. The van der Waals surface area contributed by atoms with E-state index in [-0.39, 0.29) is 23.6 Å². The number of carbonyl (C=O) groups is 2. The summed E-state index contributed by atoms with van der Waals surface area (Å²) in [6.07, 6.45) is 0.833. The Balaban J connectivity index is 1.90. The van der Waals surface area contributed by atoms with E-state index in [4.69, 9.17) is 11.6 Å². The van der Waals surface area contributed by atoms with Gasteiger partial charge in [-0.3, -0.25) is 9.59 Å². The van der Waals surface area contributed by atoms with Gasteiger partial charge >= 0.3 is 0 Å². The van der Waals surface area contributed by atoms with Gasteiger partial charge in [-0.15, -0.1) is 11.8 Å². The quantitative estimate of drug-likeness (QED) is 0.709. The van der Waals surface area contributed by atoms with Crippen molar-refractivity contribution in [1.29, 1.82) is 0 Å². The average Bonchev–Trinajstić information content (AvgIpc) is 2.63. The molecule has 0 aliphatic rings. The third-order valence-corrected chi connectivity index (χ3v) is 5.26. The number of nitrogens with zero attached hydrogens (tertiary/aromatic N) is 1. The van der Waals surface area contributed by atoms with E-state index in [1.807, 2.05) is 50.2 Å². The summed E-state index contributed by atoms with van der Waals surface area (Å²) in [5, 5.41) is 3.25. The number of likely N-dealkylation sites (N-methyl/N-ethyl adjacent to an activating group) is 1. The Bertz CT molecular complexity index is 765. The molecular formula is C20H23ClN2O2S. The van der Waals surface area contributed by atoms with Gasteiger partial charge in [-0.25, -0.2) is 0 Å². The monoisotopic (exact) mass is 390 g/mol. The first-order chi connectivity index (χ1) is 12.4. The number of anilines is 1. The highest BCUT2D eigenvalue weighted by Gasteiger charge is 2.20. The number of para-hydroxylation sites is 1. The number of halogens is 1. The average molecular weight is 391 g/mol. The van der Waals surface area contributed by atoms with Crippen LogP contribution < -0.4 is 5.32 Å². The predicted octanol–water partition coefficient (Wildman–Crippen LogP) is 4.48. The molecular weight excluding hydrogens is 368 g/mol. The van der Waals surface area contributed by atoms with Crippen LogP contribution in [0.1, 0.15) is 19.4 Å². The Hall–Kier alpha value is -1.98. The van der Waals surface area contributed by atoms with Crippen molar-refractivity contribution in [2.24, 2.45) is 0 Å². The van der Waals surface area contributed by atoms with Crippen molar-refractivity contribution in [2.75, 3.05) is 18.9 Å². The fourth-order valence-electron chi connectivity index (χ4n) is 2.51. The van der Waals surface area contributed by atoms with Crippen LogP contribution in [-0.2, 0) is 16.0 Å². The molecule has 1 atom stereocenters. The molecule has 26 heavy (non-hydrogen) atoms. The van der Waals surface area contributed by atoms with Gasteiger partial charge in [-0.2, -0.15) is 0 Å². The van der Waals surface area contributed by atoms with Crippen LogP contribution in [0, 0.1) is 0 Å². The van der Waals surface area contributed by atoms with Gasteiger partial charge in [0.2, 0.25) is 11.8 Å². The van der Waals surface area contributed by atoms with Crippen LogP contribution in [-0.4, -0.2) is 35.6 Å². The van der Waals surface area contributed by atoms with Crippen molar-refractivity contribution in [2.45, 2.75) is 30.4 Å². The lowest BCUT2D eigenvalue weighted by Gasteiger charge is -2.21. The van der Waals surface area contributed by atoms with E-state index >= 15 is 0 Å². The second-order valence-corrected chi connectivity index (χ2v) is 7.82. The SMILES string of the molecule is CCc1ccccc1NC(=O)CN(C)C(=O)C(C)Sc1ccc(Cl)cc1. The minimum atomic E-state index is -0.295. The summed E-state index contributed by atoms with van der Waals surface area (Å²) in [5.41, 5.74) is 1.87. The molecule has 2 aromatic carbocycles. The summed E-state index contributed by atoms with van der Waals surface area (Å²) in [6.45, 7) is 3.89. The Morgan fingerprint density at radius 3 is 2.46 bits per heavy atom. The van der Waals surface area contributed by atoms with E-state index in [9.17, 15) is 9.59 Å². The van der Waals surface area contributed by atoms with Crippen LogP contribution in [0.15, 0.2) is 53.4 Å². The van der Waals surface area contributed by atoms with Gasteiger partial charge in [0.1, 0.15) is 0 Å². The minimum Gasteiger partial charge on any atom is -0.335 e. The van der Waals surface area contributed by atoms with E-state index in [1.165, 1.54) is 16.7 Å². The van der Waals surface area contributed by atoms with E-state index in [0.29, 0.717) is 5.02 Å². The molecule has 1 N–H and O–H groups in total. The lowest BCUT2D eigenvalue weighted by atomic mass is 10.1. The third kappa shape index (κ3) is 5.78. The van der Waals surface area contributed by atoms with Gasteiger partial charge in [-0.1, -0.05) is 36.7 Å². The van der Waals surface area contributed by atoms with E-state index in [2.05, 4.69) is 5.32 Å². The second-order valence-electron chi connectivity index (χ2n) is 5.97. The molecule has 4 nitrogen and oxygen atoms in total. The summed E-state index contributed by atoms with van der Waals surface area (Å²) in [6, 6.07) is 15.0. The molecule has 6 heteroatoms. The summed E-state index contributed by atoms with van der Waals surface area (Å²) in [7, 11) is 1.65. The normalized spacial score (nSPS) is 11.7. The van der Waals surface area contributed by atoms with Crippen molar-refractivity contribution in [3.8, 4) is 0 Å². The molecule has 0 spiro atoms. The number of hydrogen-bond donors (Lipinski definition) is 1. The van der Waals surface area contributed by atoms with Crippen LogP contribution in [0.4, 0.5) is 5.69 Å². The third-order valence-electron chi connectivity index (χ3n) is 3.90. The molecule has 0 saturated carbocycles. The highest BCUT2D eigenvalue weighted by atomic mass is 35.5. The van der Waals surface area contributed by atoms with E-state index < -0.39 is 0 Å². The molecule has 0 fully saturated rings. The topological polar surface area (TPSA) is 49.4 Å². The lowest BCUT2D eigenvalue weighted by Crippen LogP contribution is -2.39. The Labute approximate surface area is 163 Å². The molecule has 0 saturated heterocycles. The van der Waals surface area contributed by atoms with Gasteiger partial charge in [0.05, 0.1) is 11.8 Å². The number of amides is 2. The second kappa shape index (κ2) is 9.64. The maximum absolute atomic E-state index is 12.5. The van der Waals surface area contributed by atoms with E-state index in [1.54, 1.807) is 19.2 Å². The summed E-state index contributed by atoms with van der Waals surface area (Å²) in [5.74, 6) is -0.297. The van der Waals surface area contributed by atoms with Crippen LogP contribution in [0.3, 0.4) is 0 Å². The molecule has 2 rings (SSSR count). The zero-order valence-electron chi connectivity index (χ0n) is 15.2. The number of carbonyl (C=O) groups excluding carboxylic acids is 2. The standard InChI is InChI=1S/C20H23ClN2O2S/c1-4-15-7-5-6-8-18(15)22-19(24)13-23(3)20(25)14(2)26-17-11-9-16(21)10-12-17/h5-12,14H,4,13H2,1-3H3,(H,22,24). The smallest absolute Gasteiger partial charge is 0.243 e. The van der Waals surface area contributed by atoms with Crippen molar-refractivity contribution < 1.29 is 9.59 Å². The molecule has 0 bridgehead atoms. The fourth-order valence-corrected chi connectivity index (χ4v) is 3.62. The molecule has 1 unspecified atom stereocenters. The van der Waals surface area contributed by atoms with Crippen LogP contribution in [0.5, 0.6) is 0 Å². The van der Waals surface area contributed by atoms with Gasteiger partial charge in [0, 0.05) is 22.7 Å². The Morgan fingerprint density at radius 2 is 1.81 bits per heavy atom. The van der Waals surface area contributed by atoms with Crippen molar-refractivity contribution in [1.82, 2.24) is 4.90 Å². The van der Waals surface area contributed by atoms with Crippen LogP contribution in [0.2, 0.25) is 5.02 Å². The molecule has 0 radical (unpaired) electrons. The number of hydrogen-bond acceptors (Lipinski definition) is 3. The number of nitrogens with one attached hydrogen (secondary N) is 1. The summed E-state index contributed by atoms with van der Waals surface area (Å²) < 4.78 is 0. The lowest BCUT2D eigenvalue weighted by molar-refractivity contribution is -0.132. The molecule has 0 aliphatic carbocycles. The first-order valence-corrected chi connectivity index (χ1v) is 9.71. The molecule has 0 aliphatic heterocycles. The van der Waals surface area contributed by atoms with E-state index in [0.717, 1.165) is 22.6 Å². The first kappa shape index (κ1) is 20.3. The zero-order valence-corrected chi connectivity index (χ0v) is 16.7. The number of aryl methyl sites for hydroxylation is 1. The highest BCUT2D eigenvalue weighted by Crippen LogP contribution is 2.25. The first-order valence-electron chi connectivity index (χ1n) is 8.45. The van der Waals surface area contributed by atoms with Crippen molar-refractivity contribution in [3.63, 3.8) is 0 Å².